The van der Waals surface area contributed by atoms with E-state index in [9.17, 15) is 8.78 Å². The lowest BCUT2D eigenvalue weighted by Gasteiger charge is -2.10. The lowest BCUT2D eigenvalue weighted by molar-refractivity contribution is 0.514. The molecule has 0 aromatic heterocycles. The van der Waals surface area contributed by atoms with Crippen molar-refractivity contribution in [2.45, 2.75) is 65.2 Å². The number of unbranched alkanes of at least 4 members (excludes halogenated alkanes) is 6. The summed E-state index contributed by atoms with van der Waals surface area (Å²) in [5.41, 5.74) is 4.36. The summed E-state index contributed by atoms with van der Waals surface area (Å²) in [5.74, 6) is -1.57. The zero-order valence-electron chi connectivity index (χ0n) is 18.2. The van der Waals surface area contributed by atoms with Gasteiger partial charge in [0.1, 0.15) is 0 Å². The number of rotatable bonds is 10. The van der Waals surface area contributed by atoms with Gasteiger partial charge in [0.2, 0.25) is 0 Å². The van der Waals surface area contributed by atoms with Crippen LogP contribution in [-0.2, 0) is 6.42 Å². The molecule has 3 aromatic carbocycles. The van der Waals surface area contributed by atoms with Gasteiger partial charge in [-0.05, 0) is 36.5 Å². The van der Waals surface area contributed by atoms with Crippen LogP contribution < -0.4 is 0 Å². The predicted molar refractivity (Wildman–Crippen MR) is 124 cm³/mol. The standard InChI is InChI=1S/C28H32F2/c1-3-4-5-6-7-8-9-10-22-13-17-24(18-14-22)26-20-19-25(27(29)28(26)30)23-15-11-21(2)12-16-23/h11-20H,3-10H2,1-2H3. The zero-order valence-corrected chi connectivity index (χ0v) is 18.2. The maximum absolute atomic E-state index is 14.8. The molecule has 0 aliphatic rings. The summed E-state index contributed by atoms with van der Waals surface area (Å²) in [6.07, 6.45) is 10.1. The molecule has 0 N–H and O–H groups in total. The monoisotopic (exact) mass is 406 g/mol. The Kier molecular flexibility index (Phi) is 8.19. The summed E-state index contributed by atoms with van der Waals surface area (Å²) in [5, 5.41) is 0. The molecule has 0 nitrogen and oxygen atoms in total. The Morgan fingerprint density at radius 3 is 1.57 bits per heavy atom. The SMILES string of the molecule is CCCCCCCCCc1ccc(-c2ccc(-c3ccc(C)cc3)c(F)c2F)cc1. The molecule has 0 bridgehead atoms. The third kappa shape index (κ3) is 5.78. The second-order valence-electron chi connectivity index (χ2n) is 8.22. The summed E-state index contributed by atoms with van der Waals surface area (Å²) in [7, 11) is 0. The molecule has 158 valence electrons. The number of aryl methyl sites for hydroxylation is 2. The Morgan fingerprint density at radius 1 is 0.567 bits per heavy atom. The highest BCUT2D eigenvalue weighted by Gasteiger charge is 2.15. The van der Waals surface area contributed by atoms with Crippen LogP contribution >= 0.6 is 0 Å². The highest BCUT2D eigenvalue weighted by Crippen LogP contribution is 2.31. The van der Waals surface area contributed by atoms with E-state index in [1.54, 1.807) is 12.1 Å². The number of hydrogen-bond acceptors (Lipinski definition) is 0. The smallest absolute Gasteiger partial charge is 0.167 e. The Hall–Kier alpha value is -2.48. The van der Waals surface area contributed by atoms with Crippen LogP contribution in [0.3, 0.4) is 0 Å². The fourth-order valence-corrected chi connectivity index (χ4v) is 3.87. The molecule has 0 heterocycles. The van der Waals surface area contributed by atoms with Gasteiger partial charge >= 0.3 is 0 Å². The van der Waals surface area contributed by atoms with Crippen molar-refractivity contribution in [2.24, 2.45) is 0 Å². The van der Waals surface area contributed by atoms with Crippen molar-refractivity contribution in [3.63, 3.8) is 0 Å². The van der Waals surface area contributed by atoms with E-state index in [-0.39, 0.29) is 0 Å². The Bertz CT molecular complexity index is 924. The van der Waals surface area contributed by atoms with Crippen molar-refractivity contribution in [3.8, 4) is 22.3 Å². The molecule has 0 saturated carbocycles. The van der Waals surface area contributed by atoms with E-state index >= 15 is 0 Å². The summed E-state index contributed by atoms with van der Waals surface area (Å²) in [6.45, 7) is 4.21. The molecular formula is C28H32F2. The Balaban J connectivity index is 1.63. The number of hydrogen-bond donors (Lipinski definition) is 0. The van der Waals surface area contributed by atoms with Crippen LogP contribution in [0.1, 0.15) is 63.0 Å². The van der Waals surface area contributed by atoms with Crippen molar-refractivity contribution in [1.29, 1.82) is 0 Å². The lowest BCUT2D eigenvalue weighted by atomic mass is 9.97. The molecular weight excluding hydrogens is 374 g/mol. The molecule has 0 atom stereocenters. The van der Waals surface area contributed by atoms with Gasteiger partial charge in [-0.25, -0.2) is 8.78 Å². The van der Waals surface area contributed by atoms with Crippen molar-refractivity contribution in [3.05, 3.63) is 83.4 Å². The Labute approximate surface area is 180 Å². The predicted octanol–water partition coefficient (Wildman–Crippen LogP) is 8.90. The lowest BCUT2D eigenvalue weighted by Crippen LogP contribution is -1.94. The third-order valence-corrected chi connectivity index (χ3v) is 5.78. The molecule has 3 aromatic rings. The normalized spacial score (nSPS) is 11.1. The molecule has 0 aliphatic carbocycles. The summed E-state index contributed by atoms with van der Waals surface area (Å²) < 4.78 is 29.6. The van der Waals surface area contributed by atoms with Crippen molar-refractivity contribution in [1.82, 2.24) is 0 Å². The van der Waals surface area contributed by atoms with Gasteiger partial charge in [0, 0.05) is 11.1 Å². The van der Waals surface area contributed by atoms with Crippen molar-refractivity contribution >= 4 is 0 Å². The molecule has 2 heteroatoms. The zero-order chi connectivity index (χ0) is 21.3. The minimum Gasteiger partial charge on any atom is -0.203 e. The summed E-state index contributed by atoms with van der Waals surface area (Å²) in [6, 6.07) is 18.7. The van der Waals surface area contributed by atoms with Gasteiger partial charge in [0.15, 0.2) is 11.6 Å². The van der Waals surface area contributed by atoms with Gasteiger partial charge < -0.3 is 0 Å². The molecule has 0 unspecified atom stereocenters. The molecule has 0 fully saturated rings. The van der Waals surface area contributed by atoms with E-state index in [0.29, 0.717) is 22.3 Å². The second-order valence-corrected chi connectivity index (χ2v) is 8.22. The van der Waals surface area contributed by atoms with Crippen LogP contribution in [0.4, 0.5) is 8.78 Å². The molecule has 0 saturated heterocycles. The van der Waals surface area contributed by atoms with Gasteiger partial charge in [-0.3, -0.25) is 0 Å². The van der Waals surface area contributed by atoms with Crippen LogP contribution in [0.25, 0.3) is 22.3 Å². The molecule has 0 radical (unpaired) electrons. The molecule has 0 amide bonds. The number of halogens is 2. The highest BCUT2D eigenvalue weighted by molar-refractivity contribution is 5.72. The average molecular weight is 407 g/mol. The first-order valence-electron chi connectivity index (χ1n) is 11.2. The first-order valence-corrected chi connectivity index (χ1v) is 11.2. The van der Waals surface area contributed by atoms with E-state index in [4.69, 9.17) is 0 Å². The largest absolute Gasteiger partial charge is 0.203 e. The van der Waals surface area contributed by atoms with Gasteiger partial charge in [0.25, 0.3) is 0 Å². The molecule has 0 spiro atoms. The quantitative estimate of drug-likeness (QED) is 0.295. The van der Waals surface area contributed by atoms with E-state index in [0.717, 1.165) is 12.0 Å². The minimum absolute atomic E-state index is 0.298. The molecule has 0 aliphatic heterocycles. The van der Waals surface area contributed by atoms with E-state index in [1.807, 2.05) is 55.5 Å². The van der Waals surface area contributed by atoms with Gasteiger partial charge in [0.05, 0.1) is 0 Å². The highest BCUT2D eigenvalue weighted by atomic mass is 19.2. The van der Waals surface area contributed by atoms with E-state index < -0.39 is 11.6 Å². The average Bonchev–Trinajstić information content (AvgIpc) is 2.76. The van der Waals surface area contributed by atoms with E-state index in [2.05, 4.69) is 6.92 Å². The first kappa shape index (κ1) is 22.2. The number of benzene rings is 3. The first-order chi connectivity index (χ1) is 14.6. The van der Waals surface area contributed by atoms with Crippen LogP contribution in [0.15, 0.2) is 60.7 Å². The third-order valence-electron chi connectivity index (χ3n) is 5.78. The van der Waals surface area contributed by atoms with Crippen LogP contribution in [-0.4, -0.2) is 0 Å². The van der Waals surface area contributed by atoms with Crippen molar-refractivity contribution in [2.75, 3.05) is 0 Å². The summed E-state index contributed by atoms with van der Waals surface area (Å²) in [4.78, 5) is 0. The van der Waals surface area contributed by atoms with Gasteiger partial charge in [-0.1, -0.05) is 112 Å². The topological polar surface area (TPSA) is 0 Å². The van der Waals surface area contributed by atoms with Crippen molar-refractivity contribution < 1.29 is 8.78 Å². The minimum atomic E-state index is -0.788. The van der Waals surface area contributed by atoms with Gasteiger partial charge in [-0.2, -0.15) is 0 Å². The fraction of sp³-hybridized carbons (Fsp3) is 0.357. The van der Waals surface area contributed by atoms with E-state index in [1.165, 1.54) is 50.5 Å². The summed E-state index contributed by atoms with van der Waals surface area (Å²) >= 11 is 0. The fourth-order valence-electron chi connectivity index (χ4n) is 3.87. The maximum atomic E-state index is 14.8. The van der Waals surface area contributed by atoms with Crippen LogP contribution in [0.5, 0.6) is 0 Å². The van der Waals surface area contributed by atoms with Crippen LogP contribution in [0.2, 0.25) is 0 Å². The Morgan fingerprint density at radius 2 is 1.03 bits per heavy atom. The molecule has 30 heavy (non-hydrogen) atoms. The maximum Gasteiger partial charge on any atom is 0.167 e. The molecule has 3 rings (SSSR count). The van der Waals surface area contributed by atoms with Crippen LogP contribution in [0, 0.1) is 18.6 Å². The second kappa shape index (κ2) is 11.1. The van der Waals surface area contributed by atoms with Gasteiger partial charge in [-0.15, -0.1) is 0 Å².